The molecule has 3 unspecified atom stereocenters. The Balaban J connectivity index is 0.000000162. The third kappa shape index (κ3) is 15.3. The first-order valence-electron chi connectivity index (χ1n) is 19.6. The predicted octanol–water partition coefficient (Wildman–Crippen LogP) is 9.66. The Morgan fingerprint density at radius 1 is 0.567 bits per heavy atom. The fourth-order valence-corrected chi connectivity index (χ4v) is 5.52. The van der Waals surface area contributed by atoms with E-state index >= 15 is 0 Å². The first kappa shape index (κ1) is 45.0. The molecular weight excluding hydrogens is 780 g/mol. The number of methoxy groups -OCH3 is 1. The van der Waals surface area contributed by atoms with Crippen molar-refractivity contribution in [2.45, 2.75) is 31.7 Å². The molecule has 9 nitrogen and oxygen atoms in total. The van der Waals surface area contributed by atoms with Crippen LogP contribution >= 0.6 is 11.6 Å². The number of phenolic OH excluding ortho intramolecular Hbond substituents is 1. The number of epoxide rings is 2. The van der Waals surface area contributed by atoms with E-state index in [1.165, 1.54) is 12.1 Å². The van der Waals surface area contributed by atoms with E-state index in [0.717, 1.165) is 31.1 Å². The molecule has 0 aromatic heterocycles. The van der Waals surface area contributed by atoms with Crippen molar-refractivity contribution in [2.75, 3.05) is 39.4 Å². The third-order valence-corrected chi connectivity index (χ3v) is 9.45. The van der Waals surface area contributed by atoms with Crippen molar-refractivity contribution in [3.63, 3.8) is 0 Å². The molecule has 8 rings (SSSR count). The summed E-state index contributed by atoms with van der Waals surface area (Å²) in [4.78, 5) is 36.3. The molecule has 0 radical (unpaired) electrons. The van der Waals surface area contributed by atoms with Crippen molar-refractivity contribution < 1.29 is 43.2 Å². The van der Waals surface area contributed by atoms with Crippen LogP contribution in [0.15, 0.2) is 164 Å². The van der Waals surface area contributed by atoms with Crippen molar-refractivity contribution in [2.24, 2.45) is 0 Å². The van der Waals surface area contributed by atoms with Crippen molar-refractivity contribution in [1.29, 1.82) is 0 Å². The zero-order valence-electron chi connectivity index (χ0n) is 33.7. The molecule has 60 heavy (non-hydrogen) atoms. The van der Waals surface area contributed by atoms with E-state index in [2.05, 4.69) is 6.92 Å². The smallest absolute Gasteiger partial charge is 0.193 e. The Bertz CT molecular complexity index is 2170. The largest absolute Gasteiger partial charge is 0.508 e. The van der Waals surface area contributed by atoms with Gasteiger partial charge in [-0.1, -0.05) is 97.9 Å². The van der Waals surface area contributed by atoms with Gasteiger partial charge in [0.15, 0.2) is 17.3 Å². The second-order valence-corrected chi connectivity index (χ2v) is 13.9. The summed E-state index contributed by atoms with van der Waals surface area (Å²) in [5.41, 5.74) is 3.95. The standard InChI is InChI=1S/C18H20O3.C16H14O3.C13H10O2.C3H5ClO/c1-3-16(20-2)13-21-17-11-9-15(10-12-17)18(19)14-7-5-4-6-8-14;17-16(12-4-2-1-3-5-12)13-6-8-14(9-7-13)18-10-15-11-19-15;14-12-8-6-11(7-9-12)13(15)10-4-2-1-3-5-10;4-1-3-2-5-3/h4-12,16H,3,13H2,1-2H3;1-9,15H,10-11H2;1-9,14H;3H,1-2H2. The molecule has 6 aromatic carbocycles. The number of benzene rings is 6. The summed E-state index contributed by atoms with van der Waals surface area (Å²) in [5.74, 6) is 2.36. The van der Waals surface area contributed by atoms with Gasteiger partial charge in [0.05, 0.1) is 31.3 Å². The van der Waals surface area contributed by atoms with Crippen LogP contribution in [0.4, 0.5) is 0 Å². The lowest BCUT2D eigenvalue weighted by Gasteiger charge is -2.14. The van der Waals surface area contributed by atoms with Crippen molar-refractivity contribution >= 4 is 29.0 Å². The van der Waals surface area contributed by atoms with E-state index in [4.69, 9.17) is 40.4 Å². The molecule has 3 atom stereocenters. The molecule has 0 amide bonds. The fraction of sp³-hybridized carbons (Fsp3) is 0.220. The predicted molar refractivity (Wildman–Crippen MR) is 233 cm³/mol. The van der Waals surface area contributed by atoms with Gasteiger partial charge in [-0.3, -0.25) is 14.4 Å². The molecular formula is C50H49ClO9. The van der Waals surface area contributed by atoms with Crippen LogP contribution in [0.3, 0.4) is 0 Å². The summed E-state index contributed by atoms with van der Waals surface area (Å²) < 4.78 is 26.2. The van der Waals surface area contributed by atoms with Crippen LogP contribution in [0, 0.1) is 0 Å². The Hall–Kier alpha value is -6.10. The van der Waals surface area contributed by atoms with Gasteiger partial charge in [0.1, 0.15) is 36.6 Å². The number of aromatic hydroxyl groups is 1. The lowest BCUT2D eigenvalue weighted by Crippen LogP contribution is -2.19. The van der Waals surface area contributed by atoms with E-state index in [-0.39, 0.29) is 35.3 Å². The Kier molecular flexibility index (Phi) is 18.1. The summed E-state index contributed by atoms with van der Waals surface area (Å²) in [5, 5.41) is 9.10. The van der Waals surface area contributed by atoms with E-state index in [9.17, 15) is 14.4 Å². The van der Waals surface area contributed by atoms with Gasteiger partial charge in [0.2, 0.25) is 0 Å². The fourth-order valence-electron chi connectivity index (χ4n) is 5.34. The number of halogens is 1. The van der Waals surface area contributed by atoms with Gasteiger partial charge in [0.25, 0.3) is 0 Å². The number of alkyl halides is 1. The number of ether oxygens (including phenoxy) is 5. The first-order valence-corrected chi connectivity index (χ1v) is 20.2. The molecule has 0 saturated carbocycles. The maximum atomic E-state index is 12.3. The summed E-state index contributed by atoms with van der Waals surface area (Å²) in [6, 6.07) is 48.3. The lowest BCUT2D eigenvalue weighted by atomic mass is 10.0. The minimum Gasteiger partial charge on any atom is -0.508 e. The summed E-state index contributed by atoms with van der Waals surface area (Å²) >= 11 is 5.27. The Labute approximate surface area is 356 Å². The maximum Gasteiger partial charge on any atom is 0.193 e. The van der Waals surface area contributed by atoms with Crippen molar-refractivity contribution in [3.05, 3.63) is 197 Å². The number of phenols is 1. The zero-order chi connectivity index (χ0) is 42.5. The number of carbonyl (C=O) groups excluding carboxylic acids is 3. The number of rotatable bonds is 15. The van der Waals surface area contributed by atoms with Gasteiger partial charge in [-0.05, 0) is 79.2 Å². The molecule has 2 heterocycles. The van der Waals surface area contributed by atoms with E-state index in [1.54, 1.807) is 55.6 Å². The van der Waals surface area contributed by atoms with Gasteiger partial charge >= 0.3 is 0 Å². The topological polar surface area (TPSA) is 124 Å². The number of hydrogen-bond acceptors (Lipinski definition) is 9. The quantitative estimate of drug-likeness (QED) is 0.0612. The van der Waals surface area contributed by atoms with Crippen LogP contribution in [0.25, 0.3) is 0 Å². The highest BCUT2D eigenvalue weighted by Gasteiger charge is 2.23. The molecule has 2 aliphatic rings. The minimum atomic E-state index is -0.0319. The molecule has 10 heteroatoms. The molecule has 6 aromatic rings. The highest BCUT2D eigenvalue weighted by molar-refractivity contribution is 6.18. The molecule has 2 aliphatic heterocycles. The van der Waals surface area contributed by atoms with Gasteiger partial charge in [-0.15, -0.1) is 11.6 Å². The monoisotopic (exact) mass is 828 g/mol. The highest BCUT2D eigenvalue weighted by Crippen LogP contribution is 2.19. The Morgan fingerprint density at radius 3 is 1.23 bits per heavy atom. The summed E-state index contributed by atoms with van der Waals surface area (Å²) in [6.07, 6.45) is 1.64. The number of hydrogen-bond donors (Lipinski definition) is 1. The molecule has 0 aliphatic carbocycles. The van der Waals surface area contributed by atoms with Crippen LogP contribution in [-0.2, 0) is 14.2 Å². The maximum absolute atomic E-state index is 12.3. The average molecular weight is 829 g/mol. The number of ketones is 3. The molecule has 1 N–H and O–H groups in total. The van der Waals surface area contributed by atoms with E-state index in [0.29, 0.717) is 58.6 Å². The zero-order valence-corrected chi connectivity index (χ0v) is 34.4. The number of carbonyl (C=O) groups is 3. The molecule has 0 spiro atoms. The normalized spacial score (nSPS) is 14.8. The third-order valence-electron chi connectivity index (χ3n) is 9.11. The lowest BCUT2D eigenvalue weighted by molar-refractivity contribution is 0.0556. The average Bonchev–Trinajstić information content (AvgIpc) is 4.27. The van der Waals surface area contributed by atoms with Crippen LogP contribution in [-0.4, -0.2) is 80.2 Å². The van der Waals surface area contributed by atoms with E-state index < -0.39 is 0 Å². The first-order chi connectivity index (χ1) is 29.3. The Morgan fingerprint density at radius 2 is 0.917 bits per heavy atom. The highest BCUT2D eigenvalue weighted by atomic mass is 35.5. The molecule has 310 valence electrons. The van der Waals surface area contributed by atoms with Crippen molar-refractivity contribution in [1.82, 2.24) is 0 Å². The second-order valence-electron chi connectivity index (χ2n) is 13.6. The molecule has 0 bridgehead atoms. The van der Waals surface area contributed by atoms with Gasteiger partial charge in [0, 0.05) is 40.5 Å². The van der Waals surface area contributed by atoms with Crippen LogP contribution in [0.2, 0.25) is 0 Å². The van der Waals surface area contributed by atoms with Gasteiger partial charge < -0.3 is 28.8 Å². The summed E-state index contributed by atoms with van der Waals surface area (Å²) in [7, 11) is 1.68. The summed E-state index contributed by atoms with van der Waals surface area (Å²) in [6.45, 7) is 4.80. The van der Waals surface area contributed by atoms with Crippen molar-refractivity contribution in [3.8, 4) is 17.2 Å². The van der Waals surface area contributed by atoms with Crippen LogP contribution < -0.4 is 9.47 Å². The molecule has 2 saturated heterocycles. The minimum absolute atomic E-state index is 0.0190. The van der Waals surface area contributed by atoms with Crippen LogP contribution in [0.1, 0.15) is 61.1 Å². The second kappa shape index (κ2) is 24.1. The van der Waals surface area contributed by atoms with Crippen LogP contribution in [0.5, 0.6) is 17.2 Å². The SMILES string of the molecule is CCC(COc1ccc(C(=O)c2ccccc2)cc1)OC.ClCC1CO1.O=C(c1ccccc1)c1ccc(O)cc1.O=C(c1ccccc1)c1ccc(OCC2CO2)cc1. The van der Waals surface area contributed by atoms with E-state index in [1.807, 2.05) is 103 Å². The van der Waals surface area contributed by atoms with Gasteiger partial charge in [-0.25, -0.2) is 0 Å². The van der Waals surface area contributed by atoms with Gasteiger partial charge in [-0.2, -0.15) is 0 Å². The molecule has 2 fully saturated rings.